The summed E-state index contributed by atoms with van der Waals surface area (Å²) in [5, 5.41) is 6.11. The van der Waals surface area contributed by atoms with Gasteiger partial charge in [-0.2, -0.15) is 0 Å². The van der Waals surface area contributed by atoms with Crippen LogP contribution < -0.4 is 10.6 Å². The summed E-state index contributed by atoms with van der Waals surface area (Å²) in [6, 6.07) is 0. The topological polar surface area (TPSA) is 50.4 Å². The third kappa shape index (κ3) is 1.21. The summed E-state index contributed by atoms with van der Waals surface area (Å²) in [4.78, 5) is 11.5. The molecular formula is C8H14N2O2. The Kier molecular flexibility index (Phi) is 2.02. The molecule has 2 aliphatic heterocycles. The smallest absolute Gasteiger partial charge is 0.242 e. The van der Waals surface area contributed by atoms with Crippen molar-refractivity contribution in [2.45, 2.75) is 18.4 Å². The van der Waals surface area contributed by atoms with Gasteiger partial charge in [-0.15, -0.1) is 0 Å². The van der Waals surface area contributed by atoms with E-state index in [1.54, 1.807) is 0 Å². The van der Waals surface area contributed by atoms with Crippen LogP contribution in [-0.2, 0) is 9.53 Å². The molecule has 2 heterocycles. The molecule has 1 atom stereocenters. The van der Waals surface area contributed by atoms with Gasteiger partial charge in [0, 0.05) is 19.7 Å². The van der Waals surface area contributed by atoms with Gasteiger partial charge in [0.2, 0.25) is 5.91 Å². The first kappa shape index (κ1) is 8.01. The monoisotopic (exact) mass is 170 g/mol. The summed E-state index contributed by atoms with van der Waals surface area (Å²) in [5.41, 5.74) is -0.406. The second-order valence-electron chi connectivity index (χ2n) is 3.42. The minimum Gasteiger partial charge on any atom is -0.379 e. The van der Waals surface area contributed by atoms with Crippen LogP contribution in [0.4, 0.5) is 0 Å². The van der Waals surface area contributed by atoms with E-state index < -0.39 is 5.54 Å². The number of rotatable bonds is 0. The van der Waals surface area contributed by atoms with E-state index in [9.17, 15) is 4.79 Å². The van der Waals surface area contributed by atoms with E-state index in [0.29, 0.717) is 6.61 Å². The third-order valence-electron chi connectivity index (χ3n) is 2.55. The number of amides is 1. The number of nitrogens with one attached hydrogen (secondary N) is 2. The number of ether oxygens (including phenoxy) is 1. The average molecular weight is 170 g/mol. The van der Waals surface area contributed by atoms with Crippen molar-refractivity contribution in [3.8, 4) is 0 Å². The number of hydrogen-bond donors (Lipinski definition) is 2. The normalized spacial score (nSPS) is 36.5. The Morgan fingerprint density at radius 2 is 2.33 bits per heavy atom. The summed E-state index contributed by atoms with van der Waals surface area (Å²) in [5.74, 6) is 0.105. The molecule has 0 bridgehead atoms. The van der Waals surface area contributed by atoms with Crippen molar-refractivity contribution in [3.05, 3.63) is 0 Å². The Labute approximate surface area is 71.7 Å². The van der Waals surface area contributed by atoms with Crippen LogP contribution in [0, 0.1) is 0 Å². The average Bonchev–Trinajstić information content (AvgIpc) is 2.12. The van der Waals surface area contributed by atoms with Crippen LogP contribution in [0.5, 0.6) is 0 Å². The van der Waals surface area contributed by atoms with Crippen LogP contribution in [0.1, 0.15) is 12.8 Å². The quantitative estimate of drug-likeness (QED) is 0.503. The van der Waals surface area contributed by atoms with E-state index in [-0.39, 0.29) is 5.91 Å². The molecule has 4 heteroatoms. The zero-order valence-corrected chi connectivity index (χ0v) is 7.06. The molecule has 0 radical (unpaired) electrons. The molecule has 0 saturated carbocycles. The van der Waals surface area contributed by atoms with Crippen molar-refractivity contribution in [2.24, 2.45) is 0 Å². The lowest BCUT2D eigenvalue weighted by molar-refractivity contribution is -0.135. The second kappa shape index (κ2) is 3.03. The van der Waals surface area contributed by atoms with Crippen LogP contribution >= 0.6 is 0 Å². The van der Waals surface area contributed by atoms with Crippen molar-refractivity contribution in [3.63, 3.8) is 0 Å². The lowest BCUT2D eigenvalue weighted by Gasteiger charge is -2.39. The Hall–Kier alpha value is -0.610. The molecule has 2 aliphatic rings. The van der Waals surface area contributed by atoms with Gasteiger partial charge in [0.15, 0.2) is 0 Å². The fourth-order valence-corrected chi connectivity index (χ4v) is 1.84. The third-order valence-corrected chi connectivity index (χ3v) is 2.55. The molecule has 1 unspecified atom stereocenters. The molecular weight excluding hydrogens is 156 g/mol. The summed E-state index contributed by atoms with van der Waals surface area (Å²) >= 11 is 0. The van der Waals surface area contributed by atoms with E-state index in [0.717, 1.165) is 32.5 Å². The molecule has 0 aromatic carbocycles. The van der Waals surface area contributed by atoms with E-state index in [1.807, 2.05) is 0 Å². The Morgan fingerprint density at radius 3 is 3.00 bits per heavy atom. The highest BCUT2D eigenvalue weighted by molar-refractivity contribution is 5.87. The number of hydrogen-bond acceptors (Lipinski definition) is 3. The second-order valence-corrected chi connectivity index (χ2v) is 3.42. The minimum atomic E-state index is -0.406. The first-order valence-electron chi connectivity index (χ1n) is 4.45. The summed E-state index contributed by atoms with van der Waals surface area (Å²) in [6.07, 6.45) is 1.87. The zero-order valence-electron chi connectivity index (χ0n) is 7.06. The molecule has 2 saturated heterocycles. The van der Waals surface area contributed by atoms with Gasteiger partial charge in [-0.25, -0.2) is 0 Å². The van der Waals surface area contributed by atoms with Crippen LogP contribution in [-0.4, -0.2) is 37.7 Å². The van der Waals surface area contributed by atoms with Crippen molar-refractivity contribution in [1.82, 2.24) is 10.6 Å². The molecule has 12 heavy (non-hydrogen) atoms. The highest BCUT2D eigenvalue weighted by Gasteiger charge is 2.41. The van der Waals surface area contributed by atoms with E-state index >= 15 is 0 Å². The van der Waals surface area contributed by atoms with Crippen LogP contribution in [0.25, 0.3) is 0 Å². The fraction of sp³-hybridized carbons (Fsp3) is 0.875. The number of piperazine rings is 1. The molecule has 1 spiro atoms. The predicted molar refractivity (Wildman–Crippen MR) is 43.8 cm³/mol. The summed E-state index contributed by atoms with van der Waals surface area (Å²) < 4.78 is 5.31. The van der Waals surface area contributed by atoms with E-state index in [1.165, 1.54) is 0 Å². The first-order chi connectivity index (χ1) is 5.83. The van der Waals surface area contributed by atoms with Gasteiger partial charge < -0.3 is 10.1 Å². The minimum absolute atomic E-state index is 0.105. The van der Waals surface area contributed by atoms with Crippen molar-refractivity contribution >= 4 is 5.91 Å². The largest absolute Gasteiger partial charge is 0.379 e. The van der Waals surface area contributed by atoms with Gasteiger partial charge in [0.1, 0.15) is 5.54 Å². The van der Waals surface area contributed by atoms with Gasteiger partial charge in [-0.05, 0) is 12.8 Å². The predicted octanol–water partition coefficient (Wildman–Crippen LogP) is -0.745. The molecule has 2 fully saturated rings. The maximum atomic E-state index is 11.5. The van der Waals surface area contributed by atoms with Gasteiger partial charge in [-0.3, -0.25) is 10.1 Å². The first-order valence-corrected chi connectivity index (χ1v) is 4.45. The maximum absolute atomic E-state index is 11.5. The fourth-order valence-electron chi connectivity index (χ4n) is 1.84. The van der Waals surface area contributed by atoms with Crippen molar-refractivity contribution in [2.75, 3.05) is 26.3 Å². The van der Waals surface area contributed by atoms with Crippen molar-refractivity contribution < 1.29 is 9.53 Å². The highest BCUT2D eigenvalue weighted by atomic mass is 16.5. The standard InChI is InChI=1S/C8H14N2O2/c11-7-8(10-4-3-9-7)2-1-5-12-6-8/h10H,1-6H2,(H,9,11). The Balaban J connectivity index is 2.09. The molecule has 0 aromatic heterocycles. The van der Waals surface area contributed by atoms with Gasteiger partial charge in [0.25, 0.3) is 0 Å². The van der Waals surface area contributed by atoms with Gasteiger partial charge in [0.05, 0.1) is 6.61 Å². The molecule has 0 aliphatic carbocycles. The Bertz CT molecular complexity index is 179. The van der Waals surface area contributed by atoms with Crippen LogP contribution in [0.15, 0.2) is 0 Å². The molecule has 0 aromatic rings. The number of carbonyl (C=O) groups is 1. The Morgan fingerprint density at radius 1 is 1.42 bits per heavy atom. The van der Waals surface area contributed by atoms with Crippen LogP contribution in [0.3, 0.4) is 0 Å². The molecule has 2 N–H and O–H groups in total. The SMILES string of the molecule is O=C1NCCNC12CCCOC2. The lowest BCUT2D eigenvalue weighted by Crippen LogP contribution is -2.66. The van der Waals surface area contributed by atoms with E-state index in [4.69, 9.17) is 4.74 Å². The molecule has 68 valence electrons. The van der Waals surface area contributed by atoms with Crippen molar-refractivity contribution in [1.29, 1.82) is 0 Å². The summed E-state index contributed by atoms with van der Waals surface area (Å²) in [6.45, 7) is 2.91. The van der Waals surface area contributed by atoms with E-state index in [2.05, 4.69) is 10.6 Å². The zero-order chi connectivity index (χ0) is 8.44. The van der Waals surface area contributed by atoms with Crippen LogP contribution in [0.2, 0.25) is 0 Å². The molecule has 2 rings (SSSR count). The summed E-state index contributed by atoms with van der Waals surface area (Å²) in [7, 11) is 0. The lowest BCUT2D eigenvalue weighted by atomic mass is 9.90. The molecule has 4 nitrogen and oxygen atoms in total. The van der Waals surface area contributed by atoms with Gasteiger partial charge >= 0.3 is 0 Å². The molecule has 1 amide bonds. The maximum Gasteiger partial charge on any atom is 0.242 e. The highest BCUT2D eigenvalue weighted by Crippen LogP contribution is 2.20. The number of carbonyl (C=O) groups excluding carboxylic acids is 1. The van der Waals surface area contributed by atoms with Gasteiger partial charge in [-0.1, -0.05) is 0 Å².